The fourth-order valence-electron chi connectivity index (χ4n) is 2.03. The molecular formula is C14H20N4OS. The molecular weight excluding hydrogens is 272 g/mol. The van der Waals surface area contributed by atoms with E-state index in [1.54, 1.807) is 4.90 Å². The van der Waals surface area contributed by atoms with Gasteiger partial charge in [-0.05, 0) is 32.8 Å². The van der Waals surface area contributed by atoms with Gasteiger partial charge in [0.2, 0.25) is 0 Å². The average molecular weight is 292 g/mol. The summed E-state index contributed by atoms with van der Waals surface area (Å²) in [7, 11) is 1.81. The molecule has 0 saturated carbocycles. The average Bonchev–Trinajstić information content (AvgIpc) is 2.78. The van der Waals surface area contributed by atoms with Gasteiger partial charge in [0.1, 0.15) is 9.71 Å². The lowest BCUT2D eigenvalue weighted by atomic mass is 10.1. The molecule has 1 atom stereocenters. The first-order chi connectivity index (χ1) is 9.38. The molecule has 2 N–H and O–H groups in total. The Morgan fingerprint density at radius 3 is 2.65 bits per heavy atom. The van der Waals surface area contributed by atoms with Gasteiger partial charge in [-0.25, -0.2) is 0 Å². The van der Waals surface area contributed by atoms with Gasteiger partial charge in [0.25, 0.3) is 5.91 Å². The normalized spacial score (nSPS) is 12.7. The van der Waals surface area contributed by atoms with Gasteiger partial charge in [0.05, 0.1) is 11.4 Å². The van der Waals surface area contributed by atoms with Crippen molar-refractivity contribution in [2.45, 2.75) is 40.2 Å². The first-order valence-corrected chi connectivity index (χ1v) is 7.49. The first-order valence-electron chi connectivity index (χ1n) is 6.67. The summed E-state index contributed by atoms with van der Waals surface area (Å²) in [6.45, 7) is 7.94. The van der Waals surface area contributed by atoms with Crippen molar-refractivity contribution in [3.8, 4) is 0 Å². The third kappa shape index (κ3) is 2.24. The quantitative estimate of drug-likeness (QED) is 0.944. The Balaban J connectivity index is 2.54. The van der Waals surface area contributed by atoms with Crippen LogP contribution in [0.15, 0.2) is 0 Å². The molecule has 1 unspecified atom stereocenters. The molecule has 5 nitrogen and oxygen atoms in total. The van der Waals surface area contributed by atoms with Crippen LogP contribution in [0.25, 0.3) is 10.2 Å². The lowest BCUT2D eigenvalue weighted by Gasteiger charge is -2.23. The summed E-state index contributed by atoms with van der Waals surface area (Å²) < 4.78 is 0. The molecule has 1 amide bonds. The monoisotopic (exact) mass is 292 g/mol. The smallest absolute Gasteiger partial charge is 0.266 e. The maximum absolute atomic E-state index is 12.5. The number of amides is 1. The van der Waals surface area contributed by atoms with Crippen LogP contribution in [0.4, 0.5) is 5.69 Å². The van der Waals surface area contributed by atoms with Crippen molar-refractivity contribution >= 4 is 33.1 Å². The number of thiophene rings is 1. The van der Waals surface area contributed by atoms with Crippen molar-refractivity contribution in [2.24, 2.45) is 0 Å². The molecule has 0 aliphatic rings. The zero-order valence-corrected chi connectivity index (χ0v) is 13.3. The van der Waals surface area contributed by atoms with Crippen LogP contribution in [0.5, 0.6) is 0 Å². The van der Waals surface area contributed by atoms with Crippen molar-refractivity contribution < 1.29 is 4.79 Å². The number of carbonyl (C=O) groups excluding carboxylic acids is 1. The van der Waals surface area contributed by atoms with E-state index in [1.165, 1.54) is 11.3 Å². The minimum atomic E-state index is -0.0445. The number of anilines is 1. The molecule has 0 bridgehead atoms. The summed E-state index contributed by atoms with van der Waals surface area (Å²) in [5.41, 5.74) is 8.55. The number of fused-ring (bicyclic) bond motifs is 1. The molecule has 6 heteroatoms. The number of rotatable bonds is 3. The molecule has 20 heavy (non-hydrogen) atoms. The number of nitrogens with zero attached hydrogens (tertiary/aromatic N) is 3. The van der Waals surface area contributed by atoms with Crippen LogP contribution >= 0.6 is 11.3 Å². The Kier molecular flexibility index (Phi) is 3.94. The van der Waals surface area contributed by atoms with Gasteiger partial charge in [0, 0.05) is 18.5 Å². The van der Waals surface area contributed by atoms with Crippen molar-refractivity contribution in [1.29, 1.82) is 0 Å². The first kappa shape index (κ1) is 14.7. The molecule has 0 aliphatic carbocycles. The van der Waals surface area contributed by atoms with Gasteiger partial charge in [-0.1, -0.05) is 6.92 Å². The maximum Gasteiger partial charge on any atom is 0.266 e. The van der Waals surface area contributed by atoms with Crippen LogP contribution in [0, 0.1) is 13.8 Å². The number of carbonyl (C=O) groups is 1. The Morgan fingerprint density at radius 1 is 1.40 bits per heavy atom. The van der Waals surface area contributed by atoms with Crippen molar-refractivity contribution in [3.05, 3.63) is 16.1 Å². The second-order valence-electron chi connectivity index (χ2n) is 5.11. The molecule has 2 aromatic rings. The summed E-state index contributed by atoms with van der Waals surface area (Å²) in [5.74, 6) is -0.0445. The fraction of sp³-hybridized carbons (Fsp3) is 0.500. The third-order valence-corrected chi connectivity index (χ3v) is 4.98. The van der Waals surface area contributed by atoms with Crippen molar-refractivity contribution in [2.75, 3.05) is 12.8 Å². The minimum Gasteiger partial charge on any atom is -0.397 e. The van der Waals surface area contributed by atoms with E-state index in [4.69, 9.17) is 5.73 Å². The highest BCUT2D eigenvalue weighted by atomic mass is 32.1. The Hall–Kier alpha value is -1.69. The summed E-state index contributed by atoms with van der Waals surface area (Å²) in [4.78, 5) is 15.6. The lowest BCUT2D eigenvalue weighted by molar-refractivity contribution is 0.0746. The minimum absolute atomic E-state index is 0.0445. The van der Waals surface area contributed by atoms with Crippen LogP contribution in [0.1, 0.15) is 41.2 Å². The topological polar surface area (TPSA) is 72.1 Å². The van der Waals surface area contributed by atoms with E-state index < -0.39 is 0 Å². The van der Waals surface area contributed by atoms with Crippen LogP contribution in [0.3, 0.4) is 0 Å². The molecule has 0 saturated heterocycles. The number of nitrogens with two attached hydrogens (primary N) is 1. The summed E-state index contributed by atoms with van der Waals surface area (Å²) in [6.07, 6.45) is 0.908. The number of hydrogen-bond donors (Lipinski definition) is 1. The number of aryl methyl sites for hydroxylation is 2. The second kappa shape index (κ2) is 5.36. The Bertz CT molecular complexity index is 665. The van der Waals surface area contributed by atoms with E-state index in [0.717, 1.165) is 27.9 Å². The van der Waals surface area contributed by atoms with Gasteiger partial charge in [-0.3, -0.25) is 4.79 Å². The van der Waals surface area contributed by atoms with Gasteiger partial charge in [-0.2, -0.15) is 5.10 Å². The molecule has 2 rings (SSSR count). The van der Waals surface area contributed by atoms with E-state index in [1.807, 2.05) is 27.8 Å². The molecule has 2 heterocycles. The van der Waals surface area contributed by atoms with E-state index in [0.29, 0.717) is 10.6 Å². The van der Waals surface area contributed by atoms with E-state index >= 15 is 0 Å². The van der Waals surface area contributed by atoms with E-state index in [2.05, 4.69) is 17.1 Å². The molecule has 0 aliphatic heterocycles. The highest BCUT2D eigenvalue weighted by Crippen LogP contribution is 2.35. The highest BCUT2D eigenvalue weighted by Gasteiger charge is 2.24. The second-order valence-corrected chi connectivity index (χ2v) is 6.11. The van der Waals surface area contributed by atoms with Crippen LogP contribution < -0.4 is 5.73 Å². The third-order valence-electron chi connectivity index (χ3n) is 3.90. The SMILES string of the molecule is CCC(C)N(C)C(=O)c1sc2nnc(C)c(C)c2c1N. The lowest BCUT2D eigenvalue weighted by Crippen LogP contribution is -2.34. The molecule has 0 spiro atoms. The van der Waals surface area contributed by atoms with Crippen LogP contribution in [-0.4, -0.2) is 34.1 Å². The molecule has 0 radical (unpaired) electrons. The van der Waals surface area contributed by atoms with Gasteiger partial charge < -0.3 is 10.6 Å². The van der Waals surface area contributed by atoms with Crippen LogP contribution in [0.2, 0.25) is 0 Å². The predicted octanol–water partition coefficient (Wildman–Crippen LogP) is 2.76. The number of hydrogen-bond acceptors (Lipinski definition) is 5. The number of nitrogen functional groups attached to an aromatic ring is 1. The summed E-state index contributed by atoms with van der Waals surface area (Å²) in [5, 5.41) is 9.11. The Morgan fingerprint density at radius 2 is 2.05 bits per heavy atom. The number of aromatic nitrogens is 2. The molecule has 108 valence electrons. The summed E-state index contributed by atoms with van der Waals surface area (Å²) in [6, 6.07) is 0.182. The Labute approximate surface area is 122 Å². The molecule has 2 aromatic heterocycles. The molecule has 0 fully saturated rings. The zero-order chi connectivity index (χ0) is 15.0. The standard InChI is InChI=1S/C14H20N4OS/c1-6-7(2)18(5)14(19)12-11(15)10-8(3)9(4)16-17-13(10)20-12/h7H,6,15H2,1-5H3. The van der Waals surface area contributed by atoms with E-state index in [9.17, 15) is 4.79 Å². The predicted molar refractivity (Wildman–Crippen MR) is 83.1 cm³/mol. The maximum atomic E-state index is 12.5. The zero-order valence-electron chi connectivity index (χ0n) is 12.5. The summed E-state index contributed by atoms with van der Waals surface area (Å²) >= 11 is 1.32. The fourth-order valence-corrected chi connectivity index (χ4v) is 3.12. The van der Waals surface area contributed by atoms with Crippen molar-refractivity contribution in [1.82, 2.24) is 15.1 Å². The van der Waals surface area contributed by atoms with E-state index in [-0.39, 0.29) is 11.9 Å². The van der Waals surface area contributed by atoms with Gasteiger partial charge in [0.15, 0.2) is 0 Å². The van der Waals surface area contributed by atoms with Crippen LogP contribution in [-0.2, 0) is 0 Å². The van der Waals surface area contributed by atoms with Gasteiger partial charge in [-0.15, -0.1) is 16.4 Å². The van der Waals surface area contributed by atoms with Crippen molar-refractivity contribution in [3.63, 3.8) is 0 Å². The largest absolute Gasteiger partial charge is 0.397 e. The highest BCUT2D eigenvalue weighted by molar-refractivity contribution is 7.21. The molecule has 0 aromatic carbocycles. The van der Waals surface area contributed by atoms with Gasteiger partial charge >= 0.3 is 0 Å².